The molecule has 0 amide bonds. The summed E-state index contributed by atoms with van der Waals surface area (Å²) in [5.74, 6) is 0.605. The van der Waals surface area contributed by atoms with Crippen LogP contribution in [0.25, 0.3) is 0 Å². The van der Waals surface area contributed by atoms with Crippen LogP contribution in [0, 0.1) is 0 Å². The summed E-state index contributed by atoms with van der Waals surface area (Å²) in [5.41, 5.74) is 1.03. The van der Waals surface area contributed by atoms with E-state index in [1.165, 1.54) is 0 Å². The first kappa shape index (κ1) is 12.7. The van der Waals surface area contributed by atoms with Crippen LogP contribution >= 0.6 is 0 Å². The highest BCUT2D eigenvalue weighted by atomic mass is 16.5. The monoisotopic (exact) mass is 224 g/mol. The van der Waals surface area contributed by atoms with Crippen LogP contribution in [0.3, 0.4) is 0 Å². The van der Waals surface area contributed by atoms with Crippen molar-refractivity contribution in [3.05, 3.63) is 29.8 Å². The lowest BCUT2D eigenvalue weighted by molar-refractivity contribution is -0.122. The maximum Gasteiger partial charge on any atom is 0.160 e. The quantitative estimate of drug-likeness (QED) is 0.706. The van der Waals surface area contributed by atoms with Crippen molar-refractivity contribution < 1.29 is 19.4 Å². The van der Waals surface area contributed by atoms with Crippen LogP contribution in [0.15, 0.2) is 24.3 Å². The molecule has 0 unspecified atom stereocenters. The van der Waals surface area contributed by atoms with Gasteiger partial charge in [0.05, 0.1) is 20.3 Å². The van der Waals surface area contributed by atoms with Crippen LogP contribution < -0.4 is 4.74 Å². The van der Waals surface area contributed by atoms with E-state index in [1.54, 1.807) is 7.11 Å². The molecule has 88 valence electrons. The van der Waals surface area contributed by atoms with Crippen LogP contribution in [0.1, 0.15) is 12.0 Å². The van der Waals surface area contributed by atoms with Gasteiger partial charge in [0.1, 0.15) is 12.4 Å². The summed E-state index contributed by atoms with van der Waals surface area (Å²) >= 11 is 0. The second-order valence-electron chi connectivity index (χ2n) is 3.35. The summed E-state index contributed by atoms with van der Waals surface area (Å²) in [6.07, 6.45) is 0.257. The molecule has 1 aromatic carbocycles. The normalized spacial score (nSPS) is 10.1. The maximum atomic E-state index is 10.8. The van der Waals surface area contributed by atoms with Gasteiger partial charge < -0.3 is 14.6 Å². The Labute approximate surface area is 94.8 Å². The van der Waals surface area contributed by atoms with E-state index < -0.39 is 6.61 Å². The molecule has 0 aliphatic heterocycles. The molecular weight excluding hydrogens is 208 g/mol. The zero-order valence-corrected chi connectivity index (χ0v) is 9.31. The smallest absolute Gasteiger partial charge is 0.160 e. The van der Waals surface area contributed by atoms with E-state index in [2.05, 4.69) is 0 Å². The second-order valence-corrected chi connectivity index (χ2v) is 3.35. The number of carbonyl (C=O) groups is 1. The molecule has 0 spiro atoms. The summed E-state index contributed by atoms with van der Waals surface area (Å²) in [6.45, 7) is 0.389. The van der Waals surface area contributed by atoms with Gasteiger partial charge in [0.25, 0.3) is 0 Å². The minimum absolute atomic E-state index is 0.199. The number of methoxy groups -OCH3 is 1. The average Bonchev–Trinajstić information content (AvgIpc) is 2.35. The lowest BCUT2D eigenvalue weighted by Gasteiger charge is -2.04. The largest absolute Gasteiger partial charge is 0.497 e. The summed E-state index contributed by atoms with van der Waals surface area (Å²) < 4.78 is 10.3. The molecule has 0 aliphatic rings. The topological polar surface area (TPSA) is 55.8 Å². The number of rotatable bonds is 7. The molecule has 1 rings (SSSR count). The molecule has 0 heterocycles. The first-order valence-electron chi connectivity index (χ1n) is 5.09. The highest BCUT2D eigenvalue weighted by molar-refractivity contribution is 5.79. The summed E-state index contributed by atoms with van der Waals surface area (Å²) in [7, 11) is 1.62. The number of aliphatic hydroxyl groups excluding tert-OH is 1. The number of ketones is 1. The number of Topliss-reactive ketones (excluding diaryl/α,β-unsaturated/α-hetero) is 1. The van der Waals surface area contributed by atoms with Crippen molar-refractivity contribution >= 4 is 5.78 Å². The minimum Gasteiger partial charge on any atom is -0.497 e. The van der Waals surface area contributed by atoms with Crippen molar-refractivity contribution in [3.8, 4) is 5.75 Å². The molecule has 0 atom stereocenters. The van der Waals surface area contributed by atoms with Gasteiger partial charge in [0.2, 0.25) is 0 Å². The van der Waals surface area contributed by atoms with Gasteiger partial charge in [-0.25, -0.2) is 0 Å². The Morgan fingerprint density at radius 1 is 1.31 bits per heavy atom. The molecule has 0 fully saturated rings. The van der Waals surface area contributed by atoms with Crippen LogP contribution in [-0.4, -0.2) is 31.2 Å². The van der Waals surface area contributed by atoms with E-state index >= 15 is 0 Å². The standard InChI is InChI=1S/C12H16O4/c1-15-12-4-2-10(3-5-12)9-16-7-6-11(14)8-13/h2-5,13H,6-9H2,1H3. The fourth-order valence-electron chi connectivity index (χ4n) is 1.18. The number of hydrogen-bond acceptors (Lipinski definition) is 4. The van der Waals surface area contributed by atoms with Crippen LogP contribution in [0.5, 0.6) is 5.75 Å². The number of ether oxygens (including phenoxy) is 2. The summed E-state index contributed by atoms with van der Waals surface area (Å²) in [4.78, 5) is 10.8. The molecule has 0 saturated carbocycles. The molecule has 1 N–H and O–H groups in total. The van der Waals surface area contributed by atoms with Crippen molar-refractivity contribution in [1.29, 1.82) is 0 Å². The van der Waals surface area contributed by atoms with Gasteiger partial charge in [-0.3, -0.25) is 4.79 Å². The first-order chi connectivity index (χ1) is 7.76. The molecule has 0 aliphatic carbocycles. The zero-order chi connectivity index (χ0) is 11.8. The van der Waals surface area contributed by atoms with E-state index in [-0.39, 0.29) is 12.2 Å². The third kappa shape index (κ3) is 4.42. The number of aliphatic hydroxyl groups is 1. The van der Waals surface area contributed by atoms with E-state index in [0.717, 1.165) is 11.3 Å². The van der Waals surface area contributed by atoms with Crippen molar-refractivity contribution in [3.63, 3.8) is 0 Å². The zero-order valence-electron chi connectivity index (χ0n) is 9.31. The molecule has 16 heavy (non-hydrogen) atoms. The highest BCUT2D eigenvalue weighted by Gasteiger charge is 1.99. The molecule has 0 bridgehead atoms. The molecule has 0 saturated heterocycles. The fraction of sp³-hybridized carbons (Fsp3) is 0.417. The lowest BCUT2D eigenvalue weighted by Crippen LogP contribution is -2.07. The number of benzene rings is 1. The fourth-order valence-corrected chi connectivity index (χ4v) is 1.18. The van der Waals surface area contributed by atoms with Crippen molar-refractivity contribution in [2.45, 2.75) is 13.0 Å². The van der Waals surface area contributed by atoms with E-state index in [0.29, 0.717) is 13.2 Å². The SMILES string of the molecule is COc1ccc(COCCC(=O)CO)cc1. The third-order valence-corrected chi connectivity index (χ3v) is 2.13. The van der Waals surface area contributed by atoms with Gasteiger partial charge in [-0.2, -0.15) is 0 Å². The van der Waals surface area contributed by atoms with E-state index in [1.807, 2.05) is 24.3 Å². The number of carbonyl (C=O) groups excluding carboxylic acids is 1. The summed E-state index contributed by atoms with van der Waals surface area (Å²) in [5, 5.41) is 8.49. The molecule has 1 aromatic rings. The molecule has 4 heteroatoms. The van der Waals surface area contributed by atoms with E-state index in [4.69, 9.17) is 14.6 Å². The van der Waals surface area contributed by atoms with Crippen LogP contribution in [-0.2, 0) is 16.1 Å². The van der Waals surface area contributed by atoms with Gasteiger partial charge >= 0.3 is 0 Å². The Hall–Kier alpha value is -1.39. The van der Waals surface area contributed by atoms with Gasteiger partial charge in [-0.1, -0.05) is 12.1 Å². The maximum absolute atomic E-state index is 10.8. The summed E-state index contributed by atoms with van der Waals surface area (Å²) in [6, 6.07) is 7.54. The predicted molar refractivity (Wildman–Crippen MR) is 59.4 cm³/mol. The van der Waals surface area contributed by atoms with E-state index in [9.17, 15) is 4.79 Å². The Balaban J connectivity index is 2.24. The van der Waals surface area contributed by atoms with Crippen molar-refractivity contribution in [2.24, 2.45) is 0 Å². The Morgan fingerprint density at radius 3 is 2.56 bits per heavy atom. The van der Waals surface area contributed by atoms with Crippen molar-refractivity contribution in [2.75, 3.05) is 20.3 Å². The van der Waals surface area contributed by atoms with Crippen molar-refractivity contribution in [1.82, 2.24) is 0 Å². The highest BCUT2D eigenvalue weighted by Crippen LogP contribution is 2.11. The molecule has 4 nitrogen and oxygen atoms in total. The molecule has 0 aromatic heterocycles. The lowest BCUT2D eigenvalue weighted by atomic mass is 10.2. The number of hydrogen-bond donors (Lipinski definition) is 1. The molecule has 0 radical (unpaired) electrons. The third-order valence-electron chi connectivity index (χ3n) is 2.13. The van der Waals surface area contributed by atoms with Gasteiger partial charge in [-0.15, -0.1) is 0 Å². The predicted octanol–water partition coefficient (Wildman–Crippen LogP) is 1.16. The Bertz CT molecular complexity index is 318. The Morgan fingerprint density at radius 2 is 2.00 bits per heavy atom. The van der Waals surface area contributed by atoms with Gasteiger partial charge in [-0.05, 0) is 17.7 Å². The van der Waals surface area contributed by atoms with Gasteiger partial charge in [0, 0.05) is 6.42 Å². The Kier molecular flexibility index (Phi) is 5.53. The molecular formula is C12H16O4. The van der Waals surface area contributed by atoms with Crippen LogP contribution in [0.2, 0.25) is 0 Å². The van der Waals surface area contributed by atoms with Gasteiger partial charge in [0.15, 0.2) is 5.78 Å². The second kappa shape index (κ2) is 6.98. The first-order valence-corrected chi connectivity index (χ1v) is 5.09. The minimum atomic E-state index is -0.411. The average molecular weight is 224 g/mol. The van der Waals surface area contributed by atoms with Crippen LogP contribution in [0.4, 0.5) is 0 Å².